The lowest BCUT2D eigenvalue weighted by atomic mass is 9.95. The number of hydrogen-bond acceptors (Lipinski definition) is 3. The van der Waals surface area contributed by atoms with E-state index in [4.69, 9.17) is 0 Å². The van der Waals surface area contributed by atoms with Crippen molar-refractivity contribution < 1.29 is 10.0 Å². The zero-order valence-corrected chi connectivity index (χ0v) is 11.1. The lowest BCUT2D eigenvalue weighted by molar-refractivity contribution is -0.385. The van der Waals surface area contributed by atoms with Gasteiger partial charge in [0.25, 0.3) is 5.69 Å². The molecule has 0 aliphatic heterocycles. The number of nitro groups is 1. The molecule has 0 heterocycles. The molecule has 1 aromatic carbocycles. The second-order valence-electron chi connectivity index (χ2n) is 5.39. The summed E-state index contributed by atoms with van der Waals surface area (Å²) >= 11 is 0. The van der Waals surface area contributed by atoms with Gasteiger partial charge in [-0.2, -0.15) is 0 Å². The average molecular weight is 263 g/mol. The van der Waals surface area contributed by atoms with Crippen molar-refractivity contribution in [2.24, 2.45) is 5.92 Å². The number of nitrogens with zero attached hydrogens (tertiary/aromatic N) is 1. The van der Waals surface area contributed by atoms with Gasteiger partial charge in [-0.1, -0.05) is 31.0 Å². The summed E-state index contributed by atoms with van der Waals surface area (Å²) in [4.78, 5) is 10.6. The fourth-order valence-corrected chi connectivity index (χ4v) is 2.98. The molecule has 1 unspecified atom stereocenters. The Balaban J connectivity index is 1.83. The largest absolute Gasteiger partial charge is 0.393 e. The smallest absolute Gasteiger partial charge is 0.272 e. The van der Waals surface area contributed by atoms with E-state index >= 15 is 0 Å². The lowest BCUT2D eigenvalue weighted by Crippen LogP contribution is -2.17. The lowest BCUT2D eigenvalue weighted by Gasteiger charge is -2.17. The summed E-state index contributed by atoms with van der Waals surface area (Å²) in [6.07, 6.45) is 6.71. The summed E-state index contributed by atoms with van der Waals surface area (Å²) in [6.45, 7) is 0. The summed E-state index contributed by atoms with van der Waals surface area (Å²) in [5, 5.41) is 21.0. The fraction of sp³-hybridized carbons (Fsp3) is 0.600. The molecule has 0 saturated heterocycles. The number of benzene rings is 1. The highest BCUT2D eigenvalue weighted by Crippen LogP contribution is 2.30. The Bertz CT molecular complexity index is 427. The predicted octanol–water partition coefficient (Wildman–Crippen LogP) is 3.47. The molecule has 19 heavy (non-hydrogen) atoms. The maximum atomic E-state index is 10.9. The average Bonchev–Trinajstić information content (AvgIpc) is 2.93. The van der Waals surface area contributed by atoms with Gasteiger partial charge < -0.3 is 5.11 Å². The molecule has 4 heteroatoms. The molecule has 0 radical (unpaired) electrons. The van der Waals surface area contributed by atoms with Gasteiger partial charge in [0.05, 0.1) is 11.0 Å². The molecular weight excluding hydrogens is 242 g/mol. The molecule has 104 valence electrons. The molecule has 1 fully saturated rings. The van der Waals surface area contributed by atoms with Crippen LogP contribution in [-0.4, -0.2) is 16.1 Å². The molecule has 1 atom stereocenters. The van der Waals surface area contributed by atoms with Crippen molar-refractivity contribution in [2.75, 3.05) is 0 Å². The van der Waals surface area contributed by atoms with Crippen molar-refractivity contribution in [1.82, 2.24) is 0 Å². The topological polar surface area (TPSA) is 63.4 Å². The first-order valence-electron chi connectivity index (χ1n) is 7.09. The van der Waals surface area contributed by atoms with E-state index in [9.17, 15) is 15.2 Å². The van der Waals surface area contributed by atoms with Gasteiger partial charge in [-0.25, -0.2) is 0 Å². The van der Waals surface area contributed by atoms with Crippen LogP contribution in [0.15, 0.2) is 24.3 Å². The molecule has 1 aliphatic carbocycles. The summed E-state index contributed by atoms with van der Waals surface area (Å²) < 4.78 is 0. The van der Waals surface area contributed by atoms with Gasteiger partial charge in [-0.15, -0.1) is 0 Å². The Labute approximate surface area is 113 Å². The Kier molecular flexibility index (Phi) is 4.91. The first-order valence-corrected chi connectivity index (χ1v) is 7.09. The minimum absolute atomic E-state index is 0.192. The Morgan fingerprint density at radius 3 is 2.68 bits per heavy atom. The van der Waals surface area contributed by atoms with Crippen LogP contribution in [-0.2, 0) is 6.42 Å². The first-order chi connectivity index (χ1) is 9.18. The van der Waals surface area contributed by atoms with Gasteiger partial charge in [-0.3, -0.25) is 10.1 Å². The third kappa shape index (κ3) is 3.77. The van der Waals surface area contributed by atoms with E-state index < -0.39 is 0 Å². The minimum atomic E-state index is -0.331. The summed E-state index contributed by atoms with van der Waals surface area (Å²) in [5.41, 5.74) is 0.962. The maximum Gasteiger partial charge on any atom is 0.272 e. The van der Waals surface area contributed by atoms with Crippen LogP contribution < -0.4 is 0 Å². The number of nitro benzene ring substituents is 1. The highest BCUT2D eigenvalue weighted by Gasteiger charge is 2.22. The van der Waals surface area contributed by atoms with E-state index in [0.29, 0.717) is 12.3 Å². The number of hydrogen-bond donors (Lipinski definition) is 1. The molecule has 0 spiro atoms. The second kappa shape index (κ2) is 6.66. The SMILES string of the molecule is O=[N+]([O-])c1ccccc1CCCC(O)C1CCCC1. The normalized spacial score (nSPS) is 17.5. The van der Waals surface area contributed by atoms with E-state index in [1.54, 1.807) is 18.2 Å². The van der Waals surface area contributed by atoms with E-state index in [2.05, 4.69) is 0 Å². The van der Waals surface area contributed by atoms with Gasteiger partial charge >= 0.3 is 0 Å². The van der Waals surface area contributed by atoms with E-state index in [1.165, 1.54) is 12.8 Å². The molecule has 2 rings (SSSR count). The van der Waals surface area contributed by atoms with Crippen molar-refractivity contribution >= 4 is 5.69 Å². The Hall–Kier alpha value is -1.42. The molecular formula is C15H21NO3. The van der Waals surface area contributed by atoms with Gasteiger partial charge in [0.2, 0.25) is 0 Å². The van der Waals surface area contributed by atoms with Crippen molar-refractivity contribution in [3.8, 4) is 0 Å². The van der Waals surface area contributed by atoms with Crippen LogP contribution in [0, 0.1) is 16.0 Å². The highest BCUT2D eigenvalue weighted by atomic mass is 16.6. The zero-order valence-electron chi connectivity index (χ0n) is 11.1. The van der Waals surface area contributed by atoms with Crippen molar-refractivity contribution in [1.29, 1.82) is 0 Å². The van der Waals surface area contributed by atoms with Crippen LogP contribution >= 0.6 is 0 Å². The quantitative estimate of drug-likeness (QED) is 0.631. The number of rotatable bonds is 6. The highest BCUT2D eigenvalue weighted by molar-refractivity contribution is 5.39. The molecule has 1 saturated carbocycles. The second-order valence-corrected chi connectivity index (χ2v) is 5.39. The molecule has 0 bridgehead atoms. The molecule has 0 amide bonds. The number of aryl methyl sites for hydroxylation is 1. The van der Waals surface area contributed by atoms with Gasteiger partial charge in [0, 0.05) is 11.6 Å². The van der Waals surface area contributed by atoms with E-state index in [1.807, 2.05) is 6.07 Å². The van der Waals surface area contributed by atoms with Crippen LogP contribution in [0.4, 0.5) is 5.69 Å². The van der Waals surface area contributed by atoms with Crippen molar-refractivity contribution in [2.45, 2.75) is 51.0 Å². The molecule has 1 N–H and O–H groups in total. The number of para-hydroxylation sites is 1. The fourth-order valence-electron chi connectivity index (χ4n) is 2.98. The predicted molar refractivity (Wildman–Crippen MR) is 74.0 cm³/mol. The van der Waals surface area contributed by atoms with Crippen LogP contribution in [0.1, 0.15) is 44.1 Å². The first kappa shape index (κ1) is 14.0. The van der Waals surface area contributed by atoms with Crippen molar-refractivity contribution in [3.63, 3.8) is 0 Å². The number of aliphatic hydroxyl groups excluding tert-OH is 1. The molecule has 1 aromatic rings. The third-order valence-corrected chi connectivity index (χ3v) is 4.08. The summed E-state index contributed by atoms with van der Waals surface area (Å²) in [5.74, 6) is 0.450. The number of aliphatic hydroxyl groups is 1. The Morgan fingerprint density at radius 2 is 2.00 bits per heavy atom. The van der Waals surface area contributed by atoms with Gasteiger partial charge in [0.1, 0.15) is 0 Å². The van der Waals surface area contributed by atoms with Crippen LogP contribution in [0.2, 0.25) is 0 Å². The molecule has 1 aliphatic rings. The third-order valence-electron chi connectivity index (χ3n) is 4.08. The monoisotopic (exact) mass is 263 g/mol. The van der Waals surface area contributed by atoms with E-state index in [0.717, 1.165) is 31.2 Å². The van der Waals surface area contributed by atoms with Crippen LogP contribution in [0.3, 0.4) is 0 Å². The minimum Gasteiger partial charge on any atom is -0.393 e. The zero-order chi connectivity index (χ0) is 13.7. The summed E-state index contributed by atoms with van der Waals surface area (Å²) in [7, 11) is 0. The van der Waals surface area contributed by atoms with Gasteiger partial charge in [-0.05, 0) is 38.0 Å². The maximum absolute atomic E-state index is 10.9. The standard InChI is InChI=1S/C15H21NO3/c17-15(13-7-1-2-8-13)11-5-9-12-6-3-4-10-14(12)16(18)19/h3-4,6,10,13,15,17H,1-2,5,7-9,11H2. The van der Waals surface area contributed by atoms with Gasteiger partial charge in [0.15, 0.2) is 0 Å². The molecule has 0 aromatic heterocycles. The summed E-state index contributed by atoms with van der Waals surface area (Å²) in [6, 6.07) is 6.87. The Morgan fingerprint density at radius 1 is 1.32 bits per heavy atom. The van der Waals surface area contributed by atoms with Crippen molar-refractivity contribution in [3.05, 3.63) is 39.9 Å². The van der Waals surface area contributed by atoms with E-state index in [-0.39, 0.29) is 16.7 Å². The molecule has 4 nitrogen and oxygen atoms in total. The van der Waals surface area contributed by atoms with Crippen LogP contribution in [0.25, 0.3) is 0 Å². The van der Waals surface area contributed by atoms with Crippen LogP contribution in [0.5, 0.6) is 0 Å².